The molecule has 0 aromatic heterocycles. The molecule has 0 aliphatic carbocycles. The van der Waals surface area contributed by atoms with E-state index in [0.29, 0.717) is 51.7 Å². The lowest BCUT2D eigenvalue weighted by atomic mass is 10.0. The van der Waals surface area contributed by atoms with Gasteiger partial charge in [-0.15, -0.1) is 0 Å². The summed E-state index contributed by atoms with van der Waals surface area (Å²) < 4.78 is 0. The smallest absolute Gasteiger partial charge is 0.243 e. The van der Waals surface area contributed by atoms with Crippen molar-refractivity contribution in [3.8, 4) is 11.1 Å². The molecule has 0 heterocycles. The summed E-state index contributed by atoms with van der Waals surface area (Å²) in [5.41, 5.74) is 24.3. The zero-order valence-electron chi connectivity index (χ0n) is 23.3. The van der Waals surface area contributed by atoms with Gasteiger partial charge in [0.25, 0.3) is 0 Å². The summed E-state index contributed by atoms with van der Waals surface area (Å²) in [4.78, 5) is 54.4. The maximum absolute atomic E-state index is 13.1. The van der Waals surface area contributed by atoms with E-state index in [4.69, 9.17) is 22.9 Å². The first-order valence-corrected chi connectivity index (χ1v) is 13.7. The van der Waals surface area contributed by atoms with Crippen LogP contribution in [0.3, 0.4) is 0 Å². The van der Waals surface area contributed by atoms with Crippen LogP contribution in [-0.4, -0.2) is 61.3 Å². The Morgan fingerprint density at radius 2 is 1.44 bits per heavy atom. The second-order valence-electron chi connectivity index (χ2n) is 9.68. The highest BCUT2D eigenvalue weighted by Gasteiger charge is 2.27. The fourth-order valence-electron chi connectivity index (χ4n) is 4.10. The minimum Gasteiger partial charge on any atom is -0.370 e. The highest BCUT2D eigenvalue weighted by Crippen LogP contribution is 2.19. The standard InChI is InChI=1S/C29H42N8O4/c30-15-5-4-10-23(27(40)34-16-6-7-17-35-29(32)33)37-28(41)24(19-25(31)38)36-26(39)18-20-11-13-22(14-12-20)21-8-2-1-3-9-21/h1-3,8-9,11-14,23-24H,4-7,10,15-19,30H2,(H2,31,38)(H,34,40)(H,36,39)(H,37,41)(H4,32,33,35)/t23-,24-/m0/s1. The van der Waals surface area contributed by atoms with Gasteiger partial charge in [0.2, 0.25) is 23.6 Å². The average Bonchev–Trinajstić information content (AvgIpc) is 2.94. The summed E-state index contributed by atoms with van der Waals surface area (Å²) in [5, 5.41) is 8.07. The largest absolute Gasteiger partial charge is 0.370 e. The molecule has 41 heavy (non-hydrogen) atoms. The van der Waals surface area contributed by atoms with Crippen LogP contribution in [0.2, 0.25) is 0 Å². The van der Waals surface area contributed by atoms with Crippen molar-refractivity contribution in [2.45, 2.75) is 57.0 Å². The number of aliphatic imine (C=N–C) groups is 1. The van der Waals surface area contributed by atoms with Crippen molar-refractivity contribution in [3.05, 3.63) is 60.2 Å². The van der Waals surface area contributed by atoms with E-state index in [2.05, 4.69) is 20.9 Å². The number of primary amides is 1. The summed E-state index contributed by atoms with van der Waals surface area (Å²) in [6.45, 7) is 1.26. The molecule has 4 amide bonds. The molecule has 0 bridgehead atoms. The van der Waals surface area contributed by atoms with Crippen LogP contribution < -0.4 is 38.9 Å². The number of guanidine groups is 1. The van der Waals surface area contributed by atoms with Crippen molar-refractivity contribution in [2.24, 2.45) is 27.9 Å². The number of carbonyl (C=O) groups is 4. The number of benzene rings is 2. The molecule has 2 aromatic rings. The Hall–Kier alpha value is -4.45. The van der Waals surface area contributed by atoms with Crippen LogP contribution in [0.15, 0.2) is 59.6 Å². The Balaban J connectivity index is 1.98. The van der Waals surface area contributed by atoms with Gasteiger partial charge in [0.1, 0.15) is 12.1 Å². The summed E-state index contributed by atoms with van der Waals surface area (Å²) in [6.07, 6.45) is 2.51. The van der Waals surface area contributed by atoms with Crippen molar-refractivity contribution in [3.63, 3.8) is 0 Å². The summed E-state index contributed by atoms with van der Waals surface area (Å²) in [5.74, 6) is -2.25. The fourth-order valence-corrected chi connectivity index (χ4v) is 4.10. The van der Waals surface area contributed by atoms with Crippen LogP contribution in [0, 0.1) is 0 Å². The number of nitrogens with two attached hydrogens (primary N) is 4. The fraction of sp³-hybridized carbons (Fsp3) is 0.414. The molecule has 11 N–H and O–H groups in total. The minimum absolute atomic E-state index is 0.00211. The van der Waals surface area contributed by atoms with Gasteiger partial charge >= 0.3 is 0 Å². The van der Waals surface area contributed by atoms with Gasteiger partial charge in [0, 0.05) is 13.1 Å². The van der Waals surface area contributed by atoms with Gasteiger partial charge in [-0.3, -0.25) is 24.2 Å². The molecule has 0 unspecified atom stereocenters. The third kappa shape index (κ3) is 13.0. The zero-order chi connectivity index (χ0) is 30.0. The van der Waals surface area contributed by atoms with Crippen molar-refractivity contribution < 1.29 is 19.2 Å². The third-order valence-corrected chi connectivity index (χ3v) is 6.24. The molecule has 0 fully saturated rings. The van der Waals surface area contributed by atoms with Gasteiger partial charge in [0.15, 0.2) is 5.96 Å². The number of nitrogens with one attached hydrogen (secondary N) is 3. The lowest BCUT2D eigenvalue weighted by molar-refractivity contribution is -0.133. The van der Waals surface area contributed by atoms with Gasteiger partial charge in [0.05, 0.1) is 12.8 Å². The first-order chi connectivity index (χ1) is 19.7. The van der Waals surface area contributed by atoms with E-state index >= 15 is 0 Å². The Labute approximate surface area is 240 Å². The monoisotopic (exact) mass is 566 g/mol. The lowest BCUT2D eigenvalue weighted by Gasteiger charge is -2.23. The zero-order valence-corrected chi connectivity index (χ0v) is 23.3. The second-order valence-corrected chi connectivity index (χ2v) is 9.68. The molecular formula is C29H42N8O4. The SMILES string of the molecule is NCCCC[C@H](NC(=O)[C@H](CC(N)=O)NC(=O)Cc1ccc(-c2ccccc2)cc1)C(=O)NCCCCN=C(N)N. The van der Waals surface area contributed by atoms with E-state index < -0.39 is 36.2 Å². The molecule has 0 saturated carbocycles. The molecule has 0 radical (unpaired) electrons. The third-order valence-electron chi connectivity index (χ3n) is 6.24. The molecule has 0 saturated heterocycles. The Morgan fingerprint density at radius 3 is 2.07 bits per heavy atom. The summed E-state index contributed by atoms with van der Waals surface area (Å²) >= 11 is 0. The van der Waals surface area contributed by atoms with Crippen molar-refractivity contribution >= 4 is 29.6 Å². The number of nitrogens with zero attached hydrogens (tertiary/aromatic N) is 1. The van der Waals surface area contributed by atoms with Gasteiger partial charge < -0.3 is 38.9 Å². The molecule has 0 aliphatic heterocycles. The molecular weight excluding hydrogens is 524 g/mol. The molecule has 222 valence electrons. The van der Waals surface area contributed by atoms with E-state index in [1.165, 1.54) is 0 Å². The maximum atomic E-state index is 13.1. The van der Waals surface area contributed by atoms with Gasteiger partial charge in [-0.1, -0.05) is 54.6 Å². The number of unbranched alkanes of at least 4 members (excludes halogenated alkanes) is 2. The Bertz CT molecular complexity index is 1150. The summed E-state index contributed by atoms with van der Waals surface area (Å²) in [7, 11) is 0. The van der Waals surface area contributed by atoms with E-state index in [9.17, 15) is 19.2 Å². The average molecular weight is 567 g/mol. The molecule has 2 atom stereocenters. The highest BCUT2D eigenvalue weighted by molar-refractivity contribution is 5.95. The van der Waals surface area contributed by atoms with Gasteiger partial charge in [-0.2, -0.15) is 0 Å². The number of amides is 4. The number of carbonyl (C=O) groups excluding carboxylic acids is 4. The van der Waals surface area contributed by atoms with Crippen LogP contribution in [-0.2, 0) is 25.6 Å². The quantitative estimate of drug-likeness (QED) is 0.0745. The molecule has 0 aliphatic rings. The summed E-state index contributed by atoms with van der Waals surface area (Å²) in [6, 6.07) is 15.2. The molecule has 12 heteroatoms. The van der Waals surface area contributed by atoms with Crippen molar-refractivity contribution in [1.82, 2.24) is 16.0 Å². The highest BCUT2D eigenvalue weighted by atomic mass is 16.2. The van der Waals surface area contributed by atoms with Crippen molar-refractivity contribution in [1.29, 1.82) is 0 Å². The van der Waals surface area contributed by atoms with E-state index in [1.807, 2.05) is 54.6 Å². The first kappa shape index (κ1) is 32.8. The number of rotatable bonds is 18. The normalized spacial score (nSPS) is 12.0. The predicted octanol–water partition coefficient (Wildman–Crippen LogP) is 0.0399. The molecule has 2 aromatic carbocycles. The topological polar surface area (TPSA) is 221 Å². The van der Waals surface area contributed by atoms with Gasteiger partial charge in [-0.25, -0.2) is 0 Å². The lowest BCUT2D eigenvalue weighted by Crippen LogP contribution is -2.54. The Morgan fingerprint density at radius 1 is 0.756 bits per heavy atom. The minimum atomic E-state index is -1.23. The van der Waals surface area contributed by atoms with E-state index in [-0.39, 0.29) is 18.3 Å². The van der Waals surface area contributed by atoms with Crippen LogP contribution >= 0.6 is 0 Å². The maximum Gasteiger partial charge on any atom is 0.243 e. The first-order valence-electron chi connectivity index (χ1n) is 13.7. The molecule has 0 spiro atoms. The number of hydrogen-bond acceptors (Lipinski definition) is 6. The van der Waals surface area contributed by atoms with Crippen molar-refractivity contribution in [2.75, 3.05) is 19.6 Å². The van der Waals surface area contributed by atoms with E-state index in [0.717, 1.165) is 16.7 Å². The van der Waals surface area contributed by atoms with Gasteiger partial charge in [-0.05, 0) is 55.3 Å². The molecule has 12 nitrogen and oxygen atoms in total. The van der Waals surface area contributed by atoms with Crippen LogP contribution in [0.5, 0.6) is 0 Å². The number of hydrogen-bond donors (Lipinski definition) is 7. The van der Waals surface area contributed by atoms with Crippen LogP contribution in [0.4, 0.5) is 0 Å². The van der Waals surface area contributed by atoms with Crippen LogP contribution in [0.1, 0.15) is 44.1 Å². The Kier molecular flexibility index (Phi) is 14.4. The second kappa shape index (κ2) is 18.0. The van der Waals surface area contributed by atoms with E-state index in [1.54, 1.807) is 0 Å². The molecule has 2 rings (SSSR count). The predicted molar refractivity (Wildman–Crippen MR) is 159 cm³/mol. The van der Waals surface area contributed by atoms with Crippen LogP contribution in [0.25, 0.3) is 11.1 Å².